The first kappa shape index (κ1) is 21.3. The summed E-state index contributed by atoms with van der Waals surface area (Å²) in [5, 5.41) is 3.40. The van der Waals surface area contributed by atoms with Gasteiger partial charge in [-0.25, -0.2) is 8.42 Å². The minimum Gasteiger partial charge on any atom is -0.325 e. The second kappa shape index (κ2) is 9.39. The van der Waals surface area contributed by atoms with Gasteiger partial charge in [-0.3, -0.25) is 19.4 Å². The van der Waals surface area contributed by atoms with E-state index in [1.165, 1.54) is 12.1 Å². The zero-order valence-electron chi connectivity index (χ0n) is 16.1. The number of sulfonamides is 1. The normalized spacial score (nSPS) is 14.0. The van der Waals surface area contributed by atoms with Gasteiger partial charge in [-0.1, -0.05) is 29.8 Å². The summed E-state index contributed by atoms with van der Waals surface area (Å²) >= 11 is 5.99. The van der Waals surface area contributed by atoms with Crippen molar-refractivity contribution in [1.29, 1.82) is 0 Å². The lowest BCUT2D eigenvalue weighted by Gasteiger charge is -2.17. The van der Waals surface area contributed by atoms with Crippen LogP contribution in [0.15, 0.2) is 58.4 Å². The van der Waals surface area contributed by atoms with E-state index in [2.05, 4.69) is 15.0 Å². The van der Waals surface area contributed by atoms with Gasteiger partial charge in [0, 0.05) is 30.2 Å². The fourth-order valence-corrected chi connectivity index (χ4v) is 4.37. The Bertz CT molecular complexity index is 1020. The SMILES string of the molecule is CN(CC(=O)Nc1cccc(S(=O)(=O)NC2=NCCC2)c1)Cc1cccc(Cl)c1. The number of halogens is 1. The summed E-state index contributed by atoms with van der Waals surface area (Å²) in [4.78, 5) is 18.4. The number of hydrogen-bond acceptors (Lipinski definition) is 5. The molecule has 2 aromatic rings. The molecule has 2 N–H and O–H groups in total. The molecular formula is C20H23ClN4O3S. The van der Waals surface area contributed by atoms with Crippen LogP contribution in [0.3, 0.4) is 0 Å². The summed E-state index contributed by atoms with van der Waals surface area (Å²) in [7, 11) is -1.90. The minimum absolute atomic E-state index is 0.0807. The van der Waals surface area contributed by atoms with Crippen LogP contribution in [0, 0.1) is 0 Å². The van der Waals surface area contributed by atoms with Gasteiger partial charge in [0.25, 0.3) is 10.0 Å². The van der Waals surface area contributed by atoms with Crippen LogP contribution in [-0.4, -0.2) is 45.2 Å². The maximum absolute atomic E-state index is 12.5. The van der Waals surface area contributed by atoms with Crippen LogP contribution in [0.5, 0.6) is 0 Å². The van der Waals surface area contributed by atoms with Gasteiger partial charge in [-0.2, -0.15) is 0 Å². The number of rotatable bonds is 7. The lowest BCUT2D eigenvalue weighted by Crippen LogP contribution is -2.30. The summed E-state index contributed by atoms with van der Waals surface area (Å²) in [5.41, 5.74) is 1.42. The average Bonchev–Trinajstić information content (AvgIpc) is 3.14. The first-order valence-corrected chi connectivity index (χ1v) is 11.1. The number of carbonyl (C=O) groups is 1. The molecule has 3 rings (SSSR count). The first-order chi connectivity index (χ1) is 13.8. The van der Waals surface area contributed by atoms with E-state index in [0.29, 0.717) is 36.1 Å². The molecule has 0 radical (unpaired) electrons. The van der Waals surface area contributed by atoms with Crippen LogP contribution in [0.25, 0.3) is 0 Å². The maximum Gasteiger partial charge on any atom is 0.262 e. The van der Waals surface area contributed by atoms with E-state index in [9.17, 15) is 13.2 Å². The Balaban J connectivity index is 1.59. The van der Waals surface area contributed by atoms with Crippen LogP contribution < -0.4 is 10.0 Å². The highest BCUT2D eigenvalue weighted by atomic mass is 35.5. The van der Waals surface area contributed by atoms with Crippen LogP contribution in [0.4, 0.5) is 5.69 Å². The number of nitrogens with zero attached hydrogens (tertiary/aromatic N) is 2. The number of likely N-dealkylation sites (N-methyl/N-ethyl adjacent to an activating group) is 1. The molecule has 0 aliphatic carbocycles. The van der Waals surface area contributed by atoms with Crippen molar-refractivity contribution >= 4 is 39.1 Å². The second-order valence-electron chi connectivity index (χ2n) is 6.92. The third-order valence-corrected chi connectivity index (χ3v) is 5.92. The van der Waals surface area contributed by atoms with E-state index in [1.807, 2.05) is 30.1 Å². The molecule has 2 aromatic carbocycles. The highest BCUT2D eigenvalue weighted by Crippen LogP contribution is 2.17. The highest BCUT2D eigenvalue weighted by molar-refractivity contribution is 7.90. The van der Waals surface area contributed by atoms with Crippen molar-refractivity contribution in [3.63, 3.8) is 0 Å². The molecule has 1 aliphatic heterocycles. The van der Waals surface area contributed by atoms with Gasteiger partial charge in [0.2, 0.25) is 5.91 Å². The molecule has 0 unspecified atom stereocenters. The number of amidine groups is 1. The molecule has 0 spiro atoms. The first-order valence-electron chi connectivity index (χ1n) is 9.21. The molecule has 0 saturated carbocycles. The molecule has 1 amide bonds. The highest BCUT2D eigenvalue weighted by Gasteiger charge is 2.19. The van der Waals surface area contributed by atoms with Gasteiger partial charge in [0.15, 0.2) is 0 Å². The predicted molar refractivity (Wildman–Crippen MR) is 115 cm³/mol. The Morgan fingerprint density at radius 2 is 2.00 bits per heavy atom. The summed E-state index contributed by atoms with van der Waals surface area (Å²) in [6.45, 7) is 1.35. The van der Waals surface area contributed by atoms with Gasteiger partial charge in [0.1, 0.15) is 5.84 Å². The van der Waals surface area contributed by atoms with Crippen molar-refractivity contribution in [1.82, 2.24) is 9.62 Å². The van der Waals surface area contributed by atoms with Crippen LogP contribution >= 0.6 is 11.6 Å². The molecule has 0 fully saturated rings. The van der Waals surface area contributed by atoms with Crippen molar-refractivity contribution in [2.24, 2.45) is 4.99 Å². The summed E-state index contributed by atoms with van der Waals surface area (Å²) in [6, 6.07) is 13.6. The van der Waals surface area contributed by atoms with Gasteiger partial charge in [-0.05, 0) is 49.4 Å². The number of nitrogens with one attached hydrogen (secondary N) is 2. The van der Waals surface area contributed by atoms with Crippen molar-refractivity contribution in [2.75, 3.05) is 25.5 Å². The standard InChI is InChI=1S/C20H23ClN4O3S/c1-25(13-15-5-2-6-16(21)11-15)14-20(26)23-17-7-3-8-18(12-17)29(27,28)24-19-9-4-10-22-19/h2-3,5-8,11-12H,4,9-10,13-14H2,1H3,(H,22,24)(H,23,26). The van der Waals surface area contributed by atoms with Crippen LogP contribution in [-0.2, 0) is 21.4 Å². The quantitative estimate of drug-likeness (QED) is 0.701. The zero-order valence-corrected chi connectivity index (χ0v) is 17.6. The van der Waals surface area contributed by atoms with E-state index in [1.54, 1.807) is 18.2 Å². The Kier molecular flexibility index (Phi) is 6.89. The van der Waals surface area contributed by atoms with Gasteiger partial charge < -0.3 is 5.32 Å². The van der Waals surface area contributed by atoms with Gasteiger partial charge >= 0.3 is 0 Å². The zero-order chi connectivity index (χ0) is 20.9. The second-order valence-corrected chi connectivity index (χ2v) is 9.03. The lowest BCUT2D eigenvalue weighted by atomic mass is 10.2. The lowest BCUT2D eigenvalue weighted by molar-refractivity contribution is -0.117. The number of amides is 1. The maximum atomic E-state index is 12.5. The van der Waals surface area contributed by atoms with Crippen LogP contribution in [0.2, 0.25) is 5.02 Å². The van der Waals surface area contributed by atoms with Crippen LogP contribution in [0.1, 0.15) is 18.4 Å². The van der Waals surface area contributed by atoms with E-state index >= 15 is 0 Å². The Labute approximate surface area is 175 Å². The molecule has 0 aromatic heterocycles. The largest absolute Gasteiger partial charge is 0.325 e. The predicted octanol–water partition coefficient (Wildman–Crippen LogP) is 2.88. The number of hydrogen-bond donors (Lipinski definition) is 2. The average molecular weight is 435 g/mol. The number of carbonyl (C=O) groups excluding carboxylic acids is 1. The number of benzene rings is 2. The Morgan fingerprint density at radius 3 is 2.72 bits per heavy atom. The van der Waals surface area contributed by atoms with Crippen molar-refractivity contribution in [2.45, 2.75) is 24.3 Å². The minimum atomic E-state index is -3.72. The molecule has 1 heterocycles. The summed E-state index contributed by atoms with van der Waals surface area (Å²) in [5.74, 6) is 0.235. The molecule has 0 saturated heterocycles. The number of anilines is 1. The third-order valence-electron chi connectivity index (χ3n) is 4.31. The van der Waals surface area contributed by atoms with E-state index in [0.717, 1.165) is 12.0 Å². The molecule has 0 atom stereocenters. The van der Waals surface area contributed by atoms with Crippen molar-refractivity contribution in [3.8, 4) is 0 Å². The molecule has 154 valence electrons. The molecular weight excluding hydrogens is 412 g/mol. The summed E-state index contributed by atoms with van der Waals surface area (Å²) < 4.78 is 27.5. The van der Waals surface area contributed by atoms with Gasteiger partial charge in [-0.15, -0.1) is 0 Å². The van der Waals surface area contributed by atoms with Gasteiger partial charge in [0.05, 0.1) is 11.4 Å². The topological polar surface area (TPSA) is 90.9 Å². The molecule has 0 bridgehead atoms. The Morgan fingerprint density at radius 1 is 1.21 bits per heavy atom. The Hall–Kier alpha value is -2.42. The molecule has 29 heavy (non-hydrogen) atoms. The van der Waals surface area contributed by atoms with E-state index in [4.69, 9.17) is 11.6 Å². The van der Waals surface area contributed by atoms with Crippen molar-refractivity contribution < 1.29 is 13.2 Å². The number of aliphatic imine (C=N–C) groups is 1. The molecule has 9 heteroatoms. The molecule has 1 aliphatic rings. The van der Waals surface area contributed by atoms with Crippen molar-refractivity contribution in [3.05, 3.63) is 59.1 Å². The van der Waals surface area contributed by atoms with E-state index < -0.39 is 10.0 Å². The fraction of sp³-hybridized carbons (Fsp3) is 0.300. The third kappa shape index (κ3) is 6.28. The molecule has 7 nitrogen and oxygen atoms in total. The smallest absolute Gasteiger partial charge is 0.262 e. The van der Waals surface area contributed by atoms with E-state index in [-0.39, 0.29) is 17.3 Å². The fourth-order valence-electron chi connectivity index (χ4n) is 3.03. The summed E-state index contributed by atoms with van der Waals surface area (Å²) in [6.07, 6.45) is 1.46. The monoisotopic (exact) mass is 434 g/mol.